The van der Waals surface area contributed by atoms with E-state index in [0.29, 0.717) is 12.3 Å². The lowest BCUT2D eigenvalue weighted by molar-refractivity contribution is 0.208. The van der Waals surface area contributed by atoms with Crippen molar-refractivity contribution in [2.45, 2.75) is 25.9 Å². The fraction of sp³-hybridized carbons (Fsp3) is 0.455. The Hall–Kier alpha value is -0.800. The molecule has 0 heterocycles. The number of hydrogen-bond donors (Lipinski definition) is 1. The molecule has 0 aliphatic rings. The molecule has 0 spiro atoms. The molecule has 4 heteroatoms. The molecule has 0 bridgehead atoms. The Bertz CT molecular complexity index is 319. The zero-order valence-electron chi connectivity index (χ0n) is 8.67. The molecule has 1 aromatic rings. The van der Waals surface area contributed by atoms with Crippen LogP contribution in [0.3, 0.4) is 0 Å². The van der Waals surface area contributed by atoms with E-state index in [9.17, 15) is 4.39 Å². The Kier molecular flexibility index (Phi) is 4.85. The van der Waals surface area contributed by atoms with Crippen LogP contribution in [0.2, 0.25) is 5.02 Å². The van der Waals surface area contributed by atoms with Crippen LogP contribution in [0.15, 0.2) is 18.2 Å². The van der Waals surface area contributed by atoms with Gasteiger partial charge in [0.1, 0.15) is 11.6 Å². The molecular weight excluding hydrogens is 217 g/mol. The number of hydrogen-bond acceptors (Lipinski definition) is 2. The van der Waals surface area contributed by atoms with Crippen molar-refractivity contribution in [1.29, 1.82) is 0 Å². The molecule has 1 rings (SSSR count). The van der Waals surface area contributed by atoms with Gasteiger partial charge in [-0.05, 0) is 38.4 Å². The molecule has 2 N–H and O–H groups in total. The lowest BCUT2D eigenvalue weighted by Gasteiger charge is -2.14. The first kappa shape index (κ1) is 12.3. The predicted octanol–water partition coefficient (Wildman–Crippen LogP) is 2.99. The van der Waals surface area contributed by atoms with E-state index in [1.165, 1.54) is 12.1 Å². The number of benzene rings is 1. The van der Waals surface area contributed by atoms with Gasteiger partial charge in [0.05, 0.1) is 11.1 Å². The lowest BCUT2D eigenvalue weighted by Crippen LogP contribution is -2.13. The molecule has 0 amide bonds. The van der Waals surface area contributed by atoms with Gasteiger partial charge >= 0.3 is 0 Å². The Morgan fingerprint density at radius 1 is 1.53 bits per heavy atom. The average Bonchev–Trinajstić information content (AvgIpc) is 2.20. The highest BCUT2D eigenvalue weighted by Crippen LogP contribution is 2.21. The van der Waals surface area contributed by atoms with Crippen LogP contribution in [-0.2, 0) is 0 Å². The maximum Gasteiger partial charge on any atom is 0.145 e. The number of halogens is 2. The summed E-state index contributed by atoms with van der Waals surface area (Å²) in [5.74, 6) is 0.0432. The lowest BCUT2D eigenvalue weighted by atomic mass is 10.2. The van der Waals surface area contributed by atoms with Crippen molar-refractivity contribution in [2.75, 3.05) is 6.54 Å². The molecule has 1 atom stereocenters. The summed E-state index contributed by atoms with van der Waals surface area (Å²) in [4.78, 5) is 0. The fourth-order valence-corrected chi connectivity index (χ4v) is 1.36. The van der Waals surface area contributed by atoms with Crippen LogP contribution in [0.1, 0.15) is 19.8 Å². The second-order valence-electron chi connectivity index (χ2n) is 3.44. The van der Waals surface area contributed by atoms with Gasteiger partial charge in [-0.2, -0.15) is 0 Å². The van der Waals surface area contributed by atoms with Crippen LogP contribution >= 0.6 is 11.6 Å². The summed E-state index contributed by atoms with van der Waals surface area (Å²) >= 11 is 5.55. The van der Waals surface area contributed by atoms with E-state index in [0.717, 1.165) is 12.8 Å². The summed E-state index contributed by atoms with van der Waals surface area (Å²) in [6.07, 6.45) is 1.80. The molecule has 1 aromatic carbocycles. The molecule has 15 heavy (non-hydrogen) atoms. The average molecular weight is 232 g/mol. The van der Waals surface area contributed by atoms with Gasteiger partial charge < -0.3 is 10.5 Å². The molecule has 84 valence electrons. The van der Waals surface area contributed by atoms with E-state index >= 15 is 0 Å². The second kappa shape index (κ2) is 5.93. The van der Waals surface area contributed by atoms with Crippen molar-refractivity contribution in [2.24, 2.45) is 5.73 Å². The molecule has 1 unspecified atom stereocenters. The van der Waals surface area contributed by atoms with Crippen molar-refractivity contribution >= 4 is 11.6 Å². The maximum absolute atomic E-state index is 13.0. The zero-order chi connectivity index (χ0) is 11.3. The Morgan fingerprint density at radius 3 is 2.87 bits per heavy atom. The van der Waals surface area contributed by atoms with Gasteiger partial charge in [0.15, 0.2) is 0 Å². The largest absolute Gasteiger partial charge is 0.491 e. The van der Waals surface area contributed by atoms with Crippen molar-refractivity contribution in [3.05, 3.63) is 29.0 Å². The first-order valence-corrected chi connectivity index (χ1v) is 5.33. The maximum atomic E-state index is 13.0. The summed E-state index contributed by atoms with van der Waals surface area (Å²) in [6.45, 7) is 2.57. The van der Waals surface area contributed by atoms with Gasteiger partial charge in [-0.25, -0.2) is 4.39 Å². The standard InChI is InChI=1S/C11H15ClFNO/c1-8(3-2-6-14)15-9-4-5-10(12)11(13)7-9/h4-5,7-8H,2-3,6,14H2,1H3. The van der Waals surface area contributed by atoms with E-state index in [4.69, 9.17) is 22.1 Å². The molecule has 0 saturated heterocycles. The Morgan fingerprint density at radius 2 is 2.27 bits per heavy atom. The van der Waals surface area contributed by atoms with Crippen LogP contribution < -0.4 is 10.5 Å². The van der Waals surface area contributed by atoms with Crippen LogP contribution in [0, 0.1) is 5.82 Å². The predicted molar refractivity (Wildman–Crippen MR) is 59.8 cm³/mol. The van der Waals surface area contributed by atoms with E-state index in [1.807, 2.05) is 6.92 Å². The molecule has 0 aromatic heterocycles. The first-order valence-electron chi connectivity index (χ1n) is 4.95. The normalized spacial score (nSPS) is 12.5. The third-order valence-electron chi connectivity index (χ3n) is 2.04. The Labute approximate surface area is 94.2 Å². The van der Waals surface area contributed by atoms with Gasteiger partial charge in [-0.15, -0.1) is 0 Å². The molecule has 0 saturated carbocycles. The van der Waals surface area contributed by atoms with Gasteiger partial charge in [-0.3, -0.25) is 0 Å². The van der Waals surface area contributed by atoms with Crippen LogP contribution in [-0.4, -0.2) is 12.6 Å². The van der Waals surface area contributed by atoms with Crippen molar-refractivity contribution in [3.63, 3.8) is 0 Å². The van der Waals surface area contributed by atoms with Gasteiger partial charge in [0, 0.05) is 6.07 Å². The monoisotopic (exact) mass is 231 g/mol. The topological polar surface area (TPSA) is 35.2 Å². The van der Waals surface area contributed by atoms with Gasteiger partial charge in [-0.1, -0.05) is 11.6 Å². The number of rotatable bonds is 5. The number of nitrogens with two attached hydrogens (primary N) is 1. The van der Waals surface area contributed by atoms with Crippen LogP contribution in [0.25, 0.3) is 0 Å². The molecular formula is C11H15ClFNO. The van der Waals surface area contributed by atoms with Crippen molar-refractivity contribution in [1.82, 2.24) is 0 Å². The van der Waals surface area contributed by atoms with Gasteiger partial charge in [0.25, 0.3) is 0 Å². The highest BCUT2D eigenvalue weighted by atomic mass is 35.5. The SMILES string of the molecule is CC(CCCN)Oc1ccc(Cl)c(F)c1. The quantitative estimate of drug-likeness (QED) is 0.846. The molecule has 0 radical (unpaired) electrons. The Balaban J connectivity index is 2.53. The van der Waals surface area contributed by atoms with Gasteiger partial charge in [0.2, 0.25) is 0 Å². The minimum Gasteiger partial charge on any atom is -0.491 e. The molecule has 0 aliphatic heterocycles. The van der Waals surface area contributed by atoms with E-state index in [2.05, 4.69) is 0 Å². The van der Waals surface area contributed by atoms with Crippen molar-refractivity contribution < 1.29 is 9.13 Å². The third kappa shape index (κ3) is 4.06. The van der Waals surface area contributed by atoms with E-state index < -0.39 is 5.82 Å². The van der Waals surface area contributed by atoms with E-state index in [-0.39, 0.29) is 11.1 Å². The molecule has 0 aliphatic carbocycles. The molecule has 2 nitrogen and oxygen atoms in total. The third-order valence-corrected chi connectivity index (χ3v) is 2.35. The number of ether oxygens (including phenoxy) is 1. The summed E-state index contributed by atoms with van der Waals surface area (Å²) in [7, 11) is 0. The minimum atomic E-state index is -0.458. The minimum absolute atomic E-state index is 0.0362. The van der Waals surface area contributed by atoms with Crippen molar-refractivity contribution in [3.8, 4) is 5.75 Å². The fourth-order valence-electron chi connectivity index (χ4n) is 1.25. The highest BCUT2D eigenvalue weighted by molar-refractivity contribution is 6.30. The van der Waals surface area contributed by atoms with E-state index in [1.54, 1.807) is 6.07 Å². The van der Waals surface area contributed by atoms with Crippen LogP contribution in [0.4, 0.5) is 4.39 Å². The zero-order valence-corrected chi connectivity index (χ0v) is 9.43. The smallest absolute Gasteiger partial charge is 0.145 e. The highest BCUT2D eigenvalue weighted by Gasteiger charge is 2.06. The summed E-state index contributed by atoms with van der Waals surface area (Å²) in [6, 6.07) is 4.44. The summed E-state index contributed by atoms with van der Waals surface area (Å²) < 4.78 is 18.5. The first-order chi connectivity index (χ1) is 7.13. The summed E-state index contributed by atoms with van der Waals surface area (Å²) in [5.41, 5.74) is 5.38. The summed E-state index contributed by atoms with van der Waals surface area (Å²) in [5, 5.41) is 0.108. The second-order valence-corrected chi connectivity index (χ2v) is 3.84. The van der Waals surface area contributed by atoms with Crippen LogP contribution in [0.5, 0.6) is 5.75 Å². The molecule has 0 fully saturated rings.